The van der Waals surface area contributed by atoms with Crippen molar-refractivity contribution in [3.8, 4) is 28.0 Å². The molecule has 5 rings (SSSR count). The Morgan fingerprint density at radius 2 is 1.41 bits per heavy atom. The first kappa shape index (κ1) is 17.3. The molecule has 0 aliphatic heterocycles. The molecular weight excluding hydrogens is 364 g/mol. The summed E-state index contributed by atoms with van der Waals surface area (Å²) in [7, 11) is 1.63. The van der Waals surface area contributed by atoms with E-state index < -0.39 is 5.63 Å². The number of aryl methyl sites for hydroxylation is 1. The van der Waals surface area contributed by atoms with Gasteiger partial charge in [0.25, 0.3) is 0 Å². The number of hydrogen-bond acceptors (Lipinski definition) is 4. The predicted molar refractivity (Wildman–Crippen MR) is 114 cm³/mol. The highest BCUT2D eigenvalue weighted by Crippen LogP contribution is 2.36. The summed E-state index contributed by atoms with van der Waals surface area (Å²) in [6.07, 6.45) is 1.75. The van der Waals surface area contributed by atoms with Gasteiger partial charge in [0.05, 0.1) is 13.4 Å². The summed E-state index contributed by atoms with van der Waals surface area (Å²) in [6, 6.07) is 21.3. The van der Waals surface area contributed by atoms with Crippen molar-refractivity contribution in [1.29, 1.82) is 0 Å². The van der Waals surface area contributed by atoms with Crippen LogP contribution in [0.25, 0.3) is 44.2 Å². The molecule has 0 saturated carbocycles. The average Bonchev–Trinajstić information content (AvgIpc) is 3.15. The second kappa shape index (κ2) is 6.67. The van der Waals surface area contributed by atoms with Gasteiger partial charge in [-0.2, -0.15) is 0 Å². The summed E-state index contributed by atoms with van der Waals surface area (Å²) in [4.78, 5) is 12.2. The zero-order valence-electron chi connectivity index (χ0n) is 16.1. The molecule has 0 aliphatic carbocycles. The van der Waals surface area contributed by atoms with Gasteiger partial charge < -0.3 is 13.6 Å². The summed E-state index contributed by atoms with van der Waals surface area (Å²) in [5, 5.41) is 1.84. The van der Waals surface area contributed by atoms with Gasteiger partial charge >= 0.3 is 5.63 Å². The second-order valence-electron chi connectivity index (χ2n) is 7.07. The van der Waals surface area contributed by atoms with Crippen molar-refractivity contribution in [2.75, 3.05) is 7.11 Å². The van der Waals surface area contributed by atoms with Gasteiger partial charge in [-0.1, -0.05) is 42.0 Å². The van der Waals surface area contributed by atoms with E-state index in [0.29, 0.717) is 11.2 Å². The Balaban J connectivity index is 1.77. The monoisotopic (exact) mass is 382 g/mol. The number of rotatable bonds is 3. The maximum atomic E-state index is 12.2. The van der Waals surface area contributed by atoms with E-state index in [9.17, 15) is 4.79 Å². The number of ether oxygens (including phenoxy) is 1. The molecule has 0 radical (unpaired) electrons. The number of benzene rings is 3. The average molecular weight is 382 g/mol. The number of fused-ring (bicyclic) bond motifs is 2. The predicted octanol–water partition coefficient (Wildman–Crippen LogP) is 6.19. The van der Waals surface area contributed by atoms with Crippen LogP contribution >= 0.6 is 0 Å². The Bertz CT molecular complexity index is 1390. The Hall–Kier alpha value is -3.79. The topological polar surface area (TPSA) is 52.6 Å². The van der Waals surface area contributed by atoms with Crippen LogP contribution in [0.3, 0.4) is 0 Å². The van der Waals surface area contributed by atoms with Crippen molar-refractivity contribution in [1.82, 2.24) is 0 Å². The third kappa shape index (κ3) is 2.99. The number of furan rings is 1. The molecule has 3 aromatic carbocycles. The summed E-state index contributed by atoms with van der Waals surface area (Å²) in [5.41, 5.74) is 5.82. The van der Waals surface area contributed by atoms with Crippen LogP contribution in [0.2, 0.25) is 0 Å². The maximum absolute atomic E-state index is 12.2. The quantitative estimate of drug-likeness (QED) is 0.349. The normalized spacial score (nSPS) is 11.2. The van der Waals surface area contributed by atoms with Crippen LogP contribution in [0, 0.1) is 6.92 Å². The molecule has 0 aliphatic rings. The summed E-state index contributed by atoms with van der Waals surface area (Å²) in [6.45, 7) is 2.06. The molecule has 0 atom stereocenters. The van der Waals surface area contributed by atoms with Crippen molar-refractivity contribution in [3.05, 3.63) is 89.0 Å². The van der Waals surface area contributed by atoms with Gasteiger partial charge in [0.15, 0.2) is 0 Å². The van der Waals surface area contributed by atoms with E-state index in [1.165, 1.54) is 11.6 Å². The van der Waals surface area contributed by atoms with Crippen LogP contribution in [-0.4, -0.2) is 7.11 Å². The van der Waals surface area contributed by atoms with Gasteiger partial charge in [-0.25, -0.2) is 4.79 Å². The fraction of sp³-hybridized carbons (Fsp3) is 0.0800. The molecule has 142 valence electrons. The van der Waals surface area contributed by atoms with Crippen molar-refractivity contribution in [2.45, 2.75) is 6.92 Å². The van der Waals surface area contributed by atoms with Crippen molar-refractivity contribution in [2.24, 2.45) is 0 Å². The molecule has 5 aromatic rings. The minimum absolute atomic E-state index is 0.395. The van der Waals surface area contributed by atoms with E-state index in [2.05, 4.69) is 31.2 Å². The third-order valence-corrected chi connectivity index (χ3v) is 5.20. The molecule has 0 saturated heterocycles. The smallest absolute Gasteiger partial charge is 0.336 e. The first-order valence-electron chi connectivity index (χ1n) is 9.33. The highest BCUT2D eigenvalue weighted by atomic mass is 16.5. The molecule has 0 fully saturated rings. The summed E-state index contributed by atoms with van der Waals surface area (Å²) in [5.74, 6) is 0.764. The van der Waals surface area contributed by atoms with E-state index in [-0.39, 0.29) is 0 Å². The number of methoxy groups -OCH3 is 1. The summed E-state index contributed by atoms with van der Waals surface area (Å²) < 4.78 is 16.5. The van der Waals surface area contributed by atoms with Gasteiger partial charge in [0.2, 0.25) is 0 Å². The molecular formula is C25H18O4. The molecule has 0 unspecified atom stereocenters. The molecule has 0 N–H and O–H groups in total. The zero-order chi connectivity index (χ0) is 20.0. The highest BCUT2D eigenvalue weighted by molar-refractivity contribution is 6.05. The Kier molecular flexibility index (Phi) is 3.98. The lowest BCUT2D eigenvalue weighted by atomic mass is 9.98. The molecule has 2 aromatic heterocycles. The van der Waals surface area contributed by atoms with Crippen LogP contribution in [0.4, 0.5) is 0 Å². The lowest BCUT2D eigenvalue weighted by molar-refractivity contribution is 0.415. The van der Waals surface area contributed by atoms with E-state index in [1.807, 2.05) is 30.3 Å². The maximum Gasteiger partial charge on any atom is 0.336 e. The van der Waals surface area contributed by atoms with Gasteiger partial charge in [-0.15, -0.1) is 0 Å². The molecule has 4 heteroatoms. The number of hydrogen-bond donors (Lipinski definition) is 0. The first-order valence-corrected chi connectivity index (χ1v) is 9.33. The Morgan fingerprint density at radius 1 is 0.759 bits per heavy atom. The van der Waals surface area contributed by atoms with Gasteiger partial charge in [-0.3, -0.25) is 0 Å². The standard InChI is InChI=1S/C25H18O4/c1-15-3-5-17(6-4-15)22-14-28-23-13-24-20(11-21(22)23)19(12-25(26)29-24)16-7-9-18(27-2)10-8-16/h3-14H,1-2H3. The Labute approximate surface area is 167 Å². The lowest BCUT2D eigenvalue weighted by Crippen LogP contribution is -1.98. The minimum atomic E-state index is -0.395. The first-order chi connectivity index (χ1) is 14.1. The largest absolute Gasteiger partial charge is 0.497 e. The molecule has 4 nitrogen and oxygen atoms in total. The Morgan fingerprint density at radius 3 is 2.14 bits per heavy atom. The second-order valence-corrected chi connectivity index (χ2v) is 7.07. The third-order valence-electron chi connectivity index (χ3n) is 5.20. The van der Waals surface area contributed by atoms with Crippen molar-refractivity contribution >= 4 is 21.9 Å². The van der Waals surface area contributed by atoms with Crippen molar-refractivity contribution in [3.63, 3.8) is 0 Å². The molecule has 0 bridgehead atoms. The van der Waals surface area contributed by atoms with Crippen LogP contribution < -0.4 is 10.4 Å². The minimum Gasteiger partial charge on any atom is -0.497 e. The van der Waals surface area contributed by atoms with E-state index >= 15 is 0 Å². The SMILES string of the molecule is COc1ccc(-c2cc(=O)oc3cc4occ(-c5ccc(C)cc5)c4cc23)cc1. The van der Waals surface area contributed by atoms with Crippen LogP contribution in [0.15, 0.2) is 86.6 Å². The molecule has 29 heavy (non-hydrogen) atoms. The summed E-state index contributed by atoms with van der Waals surface area (Å²) >= 11 is 0. The molecule has 0 spiro atoms. The van der Waals surface area contributed by atoms with E-state index in [0.717, 1.165) is 38.8 Å². The molecule has 0 amide bonds. The highest BCUT2D eigenvalue weighted by Gasteiger charge is 2.14. The van der Waals surface area contributed by atoms with E-state index in [1.54, 1.807) is 19.4 Å². The van der Waals surface area contributed by atoms with Crippen molar-refractivity contribution < 1.29 is 13.6 Å². The fourth-order valence-electron chi connectivity index (χ4n) is 3.65. The zero-order valence-corrected chi connectivity index (χ0v) is 16.1. The fourth-order valence-corrected chi connectivity index (χ4v) is 3.65. The lowest BCUT2D eigenvalue weighted by Gasteiger charge is -2.08. The van der Waals surface area contributed by atoms with Gasteiger partial charge in [0, 0.05) is 28.5 Å². The van der Waals surface area contributed by atoms with E-state index in [4.69, 9.17) is 13.6 Å². The van der Waals surface area contributed by atoms with Gasteiger partial charge in [0.1, 0.15) is 16.9 Å². The van der Waals surface area contributed by atoms with Gasteiger partial charge in [-0.05, 0) is 41.8 Å². The molecule has 2 heterocycles. The van der Waals surface area contributed by atoms with Crippen LogP contribution in [-0.2, 0) is 0 Å². The van der Waals surface area contributed by atoms with Crippen LogP contribution in [0.1, 0.15) is 5.56 Å². The van der Waals surface area contributed by atoms with Crippen LogP contribution in [0.5, 0.6) is 5.75 Å².